The molecule has 96 valence electrons. The van der Waals surface area contributed by atoms with Gasteiger partial charge in [-0.2, -0.15) is 8.42 Å². The maximum atomic E-state index is 13.2. The fourth-order valence-electron chi connectivity index (χ4n) is 1.01. The van der Waals surface area contributed by atoms with E-state index in [-0.39, 0.29) is 4.90 Å². The van der Waals surface area contributed by atoms with Crippen LogP contribution in [-0.4, -0.2) is 27.4 Å². The fourth-order valence-corrected chi connectivity index (χ4v) is 2.02. The number of halogens is 2. The maximum Gasteiger partial charge on any atom is 0.297 e. The third kappa shape index (κ3) is 4.05. The standard InChI is InChI=1S/C11H14F2O3S/c1-9-3-5-10(6-4-9)17(14,15)16-8-11(2,13)7-12/h3-6H,7-8H2,1-2H3. The van der Waals surface area contributed by atoms with Gasteiger partial charge in [0.1, 0.15) is 13.3 Å². The number of hydrogen-bond donors (Lipinski definition) is 0. The number of hydrogen-bond acceptors (Lipinski definition) is 3. The lowest BCUT2D eigenvalue weighted by Gasteiger charge is -2.15. The summed E-state index contributed by atoms with van der Waals surface area (Å²) in [4.78, 5) is -0.0715. The Morgan fingerprint density at radius 1 is 1.29 bits per heavy atom. The summed E-state index contributed by atoms with van der Waals surface area (Å²) in [6, 6.07) is 5.91. The summed E-state index contributed by atoms with van der Waals surface area (Å²) in [5.41, 5.74) is -1.40. The molecule has 0 saturated heterocycles. The van der Waals surface area contributed by atoms with Gasteiger partial charge >= 0.3 is 0 Å². The van der Waals surface area contributed by atoms with E-state index in [1.165, 1.54) is 12.1 Å². The van der Waals surface area contributed by atoms with Gasteiger partial charge in [-0.1, -0.05) is 17.7 Å². The Balaban J connectivity index is 2.79. The SMILES string of the molecule is Cc1ccc(S(=O)(=O)OCC(C)(F)CF)cc1. The van der Waals surface area contributed by atoms with Crippen LogP contribution in [0.4, 0.5) is 8.78 Å². The van der Waals surface area contributed by atoms with Gasteiger partial charge in [-0.15, -0.1) is 0 Å². The second-order valence-electron chi connectivity index (χ2n) is 4.08. The molecular weight excluding hydrogens is 250 g/mol. The normalized spacial score (nSPS) is 15.5. The van der Waals surface area contributed by atoms with Crippen LogP contribution < -0.4 is 0 Å². The highest BCUT2D eigenvalue weighted by Crippen LogP contribution is 2.17. The van der Waals surface area contributed by atoms with E-state index in [4.69, 9.17) is 0 Å². The Kier molecular flexibility index (Phi) is 4.21. The van der Waals surface area contributed by atoms with E-state index in [1.807, 2.05) is 0 Å². The van der Waals surface area contributed by atoms with Gasteiger partial charge in [0, 0.05) is 0 Å². The highest BCUT2D eigenvalue weighted by atomic mass is 32.2. The Morgan fingerprint density at radius 3 is 2.29 bits per heavy atom. The molecule has 0 radical (unpaired) electrons. The van der Waals surface area contributed by atoms with E-state index in [0.29, 0.717) is 0 Å². The second kappa shape index (κ2) is 5.10. The Labute approximate surface area is 99.5 Å². The van der Waals surface area contributed by atoms with Crippen molar-refractivity contribution in [1.82, 2.24) is 0 Å². The Morgan fingerprint density at radius 2 is 1.82 bits per heavy atom. The average Bonchev–Trinajstić information content (AvgIpc) is 2.27. The summed E-state index contributed by atoms with van der Waals surface area (Å²) in [5, 5.41) is 0. The topological polar surface area (TPSA) is 43.4 Å². The zero-order valence-corrected chi connectivity index (χ0v) is 10.4. The maximum absolute atomic E-state index is 13.2. The van der Waals surface area contributed by atoms with Crippen molar-refractivity contribution in [3.63, 3.8) is 0 Å². The molecule has 0 bridgehead atoms. The molecule has 1 rings (SSSR count). The van der Waals surface area contributed by atoms with Crippen molar-refractivity contribution in [2.75, 3.05) is 13.3 Å². The van der Waals surface area contributed by atoms with Crippen LogP contribution in [-0.2, 0) is 14.3 Å². The lowest BCUT2D eigenvalue weighted by Crippen LogP contribution is -2.29. The fraction of sp³-hybridized carbons (Fsp3) is 0.455. The number of alkyl halides is 2. The molecule has 0 aromatic heterocycles. The van der Waals surface area contributed by atoms with Crippen LogP contribution in [0.25, 0.3) is 0 Å². The van der Waals surface area contributed by atoms with Crippen molar-refractivity contribution < 1.29 is 21.4 Å². The van der Waals surface area contributed by atoms with Crippen molar-refractivity contribution in [2.45, 2.75) is 24.4 Å². The summed E-state index contributed by atoms with van der Waals surface area (Å²) >= 11 is 0. The van der Waals surface area contributed by atoms with Crippen molar-refractivity contribution in [1.29, 1.82) is 0 Å². The molecule has 0 aliphatic heterocycles. The zero-order valence-electron chi connectivity index (χ0n) is 9.61. The van der Waals surface area contributed by atoms with E-state index in [1.54, 1.807) is 19.1 Å². The van der Waals surface area contributed by atoms with Crippen LogP contribution in [0.5, 0.6) is 0 Å². The number of aryl methyl sites for hydroxylation is 1. The predicted molar refractivity (Wildman–Crippen MR) is 59.8 cm³/mol. The first-order chi connectivity index (χ1) is 7.77. The predicted octanol–water partition coefficient (Wildman–Crippen LogP) is 2.40. The summed E-state index contributed by atoms with van der Waals surface area (Å²) in [5.74, 6) is 0. The smallest absolute Gasteiger partial charge is 0.263 e. The van der Waals surface area contributed by atoms with Crippen molar-refractivity contribution in [2.24, 2.45) is 0 Å². The highest BCUT2D eigenvalue weighted by molar-refractivity contribution is 7.86. The largest absolute Gasteiger partial charge is 0.297 e. The van der Waals surface area contributed by atoms with Gasteiger partial charge in [-0.25, -0.2) is 8.78 Å². The summed E-state index contributed by atoms with van der Waals surface area (Å²) in [6.45, 7) is 0.618. The van der Waals surface area contributed by atoms with Gasteiger partial charge in [0.2, 0.25) is 0 Å². The highest BCUT2D eigenvalue weighted by Gasteiger charge is 2.27. The molecule has 0 fully saturated rings. The van der Waals surface area contributed by atoms with E-state index >= 15 is 0 Å². The van der Waals surface area contributed by atoms with Crippen LogP contribution in [0, 0.1) is 6.92 Å². The molecule has 3 nitrogen and oxygen atoms in total. The summed E-state index contributed by atoms with van der Waals surface area (Å²) in [7, 11) is -4.03. The van der Waals surface area contributed by atoms with E-state index < -0.39 is 29.1 Å². The molecule has 1 atom stereocenters. The molecule has 0 heterocycles. The molecule has 0 N–H and O–H groups in total. The molecular formula is C11H14F2O3S. The molecule has 0 spiro atoms. The minimum absolute atomic E-state index is 0.0715. The quantitative estimate of drug-likeness (QED) is 0.767. The van der Waals surface area contributed by atoms with E-state index in [0.717, 1.165) is 12.5 Å². The van der Waals surface area contributed by atoms with Crippen LogP contribution in [0.2, 0.25) is 0 Å². The van der Waals surface area contributed by atoms with Gasteiger partial charge in [0.05, 0.1) is 4.90 Å². The number of benzene rings is 1. The number of rotatable bonds is 5. The zero-order chi connectivity index (χ0) is 13.1. The van der Waals surface area contributed by atoms with Crippen LogP contribution in [0.1, 0.15) is 12.5 Å². The van der Waals surface area contributed by atoms with Gasteiger partial charge in [0.15, 0.2) is 5.67 Å². The van der Waals surface area contributed by atoms with Gasteiger partial charge in [-0.05, 0) is 26.0 Å². The molecule has 1 aromatic rings. The molecule has 1 unspecified atom stereocenters. The summed E-state index contributed by atoms with van der Waals surface area (Å²) in [6.07, 6.45) is 0. The third-order valence-corrected chi connectivity index (χ3v) is 3.38. The van der Waals surface area contributed by atoms with Crippen LogP contribution in [0.3, 0.4) is 0 Å². The minimum Gasteiger partial charge on any atom is -0.263 e. The third-order valence-electron chi connectivity index (χ3n) is 2.10. The first kappa shape index (κ1) is 14.1. The molecule has 0 aliphatic carbocycles. The average molecular weight is 264 g/mol. The monoisotopic (exact) mass is 264 g/mol. The molecule has 1 aromatic carbocycles. The van der Waals surface area contributed by atoms with E-state index in [2.05, 4.69) is 4.18 Å². The van der Waals surface area contributed by atoms with Gasteiger partial charge in [0.25, 0.3) is 10.1 Å². The molecule has 0 aliphatic rings. The van der Waals surface area contributed by atoms with Crippen molar-refractivity contribution in [3.05, 3.63) is 29.8 Å². The van der Waals surface area contributed by atoms with Crippen molar-refractivity contribution >= 4 is 10.1 Å². The lowest BCUT2D eigenvalue weighted by molar-refractivity contribution is 0.0781. The first-order valence-electron chi connectivity index (χ1n) is 4.98. The summed E-state index contributed by atoms with van der Waals surface area (Å²) < 4.78 is 53.0. The molecule has 0 saturated carbocycles. The van der Waals surface area contributed by atoms with Gasteiger partial charge in [-0.3, -0.25) is 4.18 Å². The van der Waals surface area contributed by atoms with Crippen LogP contribution >= 0.6 is 0 Å². The van der Waals surface area contributed by atoms with E-state index in [9.17, 15) is 17.2 Å². The lowest BCUT2D eigenvalue weighted by atomic mass is 10.2. The minimum atomic E-state index is -4.03. The first-order valence-corrected chi connectivity index (χ1v) is 6.39. The Bertz CT molecular complexity index is 466. The van der Waals surface area contributed by atoms with Crippen molar-refractivity contribution in [3.8, 4) is 0 Å². The molecule has 0 amide bonds. The second-order valence-corrected chi connectivity index (χ2v) is 5.69. The molecule has 6 heteroatoms. The Hall–Kier alpha value is -1.01. The van der Waals surface area contributed by atoms with Crippen LogP contribution in [0.15, 0.2) is 29.2 Å². The molecule has 17 heavy (non-hydrogen) atoms. The van der Waals surface area contributed by atoms with Gasteiger partial charge < -0.3 is 0 Å².